The first-order valence-corrected chi connectivity index (χ1v) is 6.36. The molecule has 0 atom stereocenters. The van der Waals surface area contributed by atoms with Gasteiger partial charge in [-0.3, -0.25) is 15.1 Å². The number of hydrogen-bond acceptors (Lipinski definition) is 5. The summed E-state index contributed by atoms with van der Waals surface area (Å²) in [7, 11) is 0. The number of rotatable bonds is 6. The van der Waals surface area contributed by atoms with Gasteiger partial charge in [-0.05, 0) is 25.1 Å². The minimum absolute atomic E-state index is 0.0546. The average molecular weight is 291 g/mol. The van der Waals surface area contributed by atoms with Crippen molar-refractivity contribution in [3.8, 4) is 5.75 Å². The molecule has 7 heteroatoms. The third-order valence-corrected chi connectivity index (χ3v) is 2.70. The van der Waals surface area contributed by atoms with Gasteiger partial charge in [0.25, 0.3) is 0 Å². The Morgan fingerprint density at radius 2 is 2.24 bits per heavy atom. The maximum Gasteiger partial charge on any atom is 0.314 e. The lowest BCUT2D eigenvalue weighted by atomic mass is 10.3. The molecule has 0 unspecified atom stereocenters. The molecular weight excluding hydrogens is 277 g/mol. The lowest BCUT2D eigenvalue weighted by molar-refractivity contribution is -0.386. The second-order valence-corrected chi connectivity index (χ2v) is 4.20. The monoisotopic (exact) mass is 291 g/mol. The van der Waals surface area contributed by atoms with E-state index in [1.54, 1.807) is 18.3 Å². The molecule has 0 bridgehead atoms. The molecule has 1 N–H and O–H groups in total. The van der Waals surface area contributed by atoms with Gasteiger partial charge < -0.3 is 10.1 Å². The van der Waals surface area contributed by atoms with Crippen LogP contribution in [0.3, 0.4) is 0 Å². The van der Waals surface area contributed by atoms with Crippen molar-refractivity contribution >= 4 is 11.4 Å². The number of para-hydroxylation sites is 1. The summed E-state index contributed by atoms with van der Waals surface area (Å²) in [6, 6.07) is 7.12. The van der Waals surface area contributed by atoms with E-state index in [1.165, 1.54) is 12.1 Å². The van der Waals surface area contributed by atoms with E-state index in [1.807, 2.05) is 6.92 Å². The first-order valence-electron chi connectivity index (χ1n) is 6.36. The van der Waals surface area contributed by atoms with E-state index in [4.69, 9.17) is 4.74 Å². The summed E-state index contributed by atoms with van der Waals surface area (Å²) in [5.41, 5.74) is 0.998. The van der Waals surface area contributed by atoms with E-state index in [9.17, 15) is 14.5 Å². The van der Waals surface area contributed by atoms with Crippen molar-refractivity contribution in [2.75, 3.05) is 11.9 Å². The Hall–Kier alpha value is -2.70. The number of nitro benzene ring substituents is 1. The van der Waals surface area contributed by atoms with Gasteiger partial charge in [0, 0.05) is 24.5 Å². The largest absolute Gasteiger partial charge is 0.478 e. The van der Waals surface area contributed by atoms with Crippen molar-refractivity contribution < 1.29 is 14.1 Å². The van der Waals surface area contributed by atoms with E-state index in [2.05, 4.69) is 10.3 Å². The summed E-state index contributed by atoms with van der Waals surface area (Å²) in [5.74, 6) is -1.15. The van der Waals surface area contributed by atoms with Crippen molar-refractivity contribution in [2.24, 2.45) is 0 Å². The van der Waals surface area contributed by atoms with Crippen molar-refractivity contribution in [1.29, 1.82) is 0 Å². The number of nitrogens with zero attached hydrogens (tertiary/aromatic N) is 2. The second kappa shape index (κ2) is 6.65. The van der Waals surface area contributed by atoms with Crippen molar-refractivity contribution in [3.05, 3.63) is 58.2 Å². The number of nitro groups is 1. The SMILES string of the molecule is CCNc1ccnc(COc2c(F)cccc2[N+](=O)[O-])c1. The zero-order chi connectivity index (χ0) is 15.2. The van der Waals surface area contributed by atoms with E-state index >= 15 is 0 Å². The zero-order valence-electron chi connectivity index (χ0n) is 11.4. The highest BCUT2D eigenvalue weighted by Gasteiger charge is 2.19. The normalized spacial score (nSPS) is 10.2. The van der Waals surface area contributed by atoms with Crippen LogP contribution in [0.2, 0.25) is 0 Å². The average Bonchev–Trinajstić information content (AvgIpc) is 2.46. The summed E-state index contributed by atoms with van der Waals surface area (Å²) in [4.78, 5) is 14.3. The van der Waals surface area contributed by atoms with Crippen molar-refractivity contribution in [2.45, 2.75) is 13.5 Å². The molecule has 1 aromatic carbocycles. The Bertz CT molecular complexity index is 649. The van der Waals surface area contributed by atoms with Crippen LogP contribution < -0.4 is 10.1 Å². The molecule has 110 valence electrons. The van der Waals surface area contributed by atoms with Crippen LogP contribution in [-0.2, 0) is 6.61 Å². The van der Waals surface area contributed by atoms with Gasteiger partial charge in [-0.15, -0.1) is 0 Å². The number of aromatic nitrogens is 1. The minimum Gasteiger partial charge on any atom is -0.478 e. The van der Waals surface area contributed by atoms with Gasteiger partial charge in [-0.2, -0.15) is 0 Å². The molecule has 1 heterocycles. The van der Waals surface area contributed by atoms with Gasteiger partial charge in [-0.1, -0.05) is 6.07 Å². The fourth-order valence-electron chi connectivity index (χ4n) is 1.80. The van der Waals surface area contributed by atoms with Crippen molar-refractivity contribution in [1.82, 2.24) is 4.98 Å². The zero-order valence-corrected chi connectivity index (χ0v) is 11.4. The van der Waals surface area contributed by atoms with Gasteiger partial charge >= 0.3 is 5.69 Å². The quantitative estimate of drug-likeness (QED) is 0.653. The standard InChI is InChI=1S/C14H14FN3O3/c1-2-16-10-6-7-17-11(8-10)9-21-14-12(15)4-3-5-13(14)18(19)20/h3-8H,2,9H2,1H3,(H,16,17). The molecule has 1 aromatic heterocycles. The van der Waals surface area contributed by atoms with Gasteiger partial charge in [0.05, 0.1) is 10.6 Å². The number of nitrogens with one attached hydrogen (secondary N) is 1. The summed E-state index contributed by atoms with van der Waals surface area (Å²) >= 11 is 0. The summed E-state index contributed by atoms with van der Waals surface area (Å²) in [6.07, 6.45) is 1.59. The molecule has 0 radical (unpaired) electrons. The predicted molar refractivity (Wildman–Crippen MR) is 75.8 cm³/mol. The molecule has 0 amide bonds. The van der Waals surface area contributed by atoms with Crippen molar-refractivity contribution in [3.63, 3.8) is 0 Å². The van der Waals surface area contributed by atoms with E-state index < -0.39 is 16.4 Å². The molecule has 6 nitrogen and oxygen atoms in total. The Balaban J connectivity index is 2.16. The first kappa shape index (κ1) is 14.7. The lowest BCUT2D eigenvalue weighted by Crippen LogP contribution is -2.04. The van der Waals surface area contributed by atoms with Crippen LogP contribution in [0.25, 0.3) is 0 Å². The third kappa shape index (κ3) is 3.65. The fraction of sp³-hybridized carbons (Fsp3) is 0.214. The Morgan fingerprint density at radius 1 is 1.43 bits per heavy atom. The number of anilines is 1. The molecule has 0 saturated carbocycles. The van der Waals surface area contributed by atoms with Crippen LogP contribution in [0, 0.1) is 15.9 Å². The summed E-state index contributed by atoms with van der Waals surface area (Å²) < 4.78 is 18.9. The maximum absolute atomic E-state index is 13.7. The summed E-state index contributed by atoms with van der Waals surface area (Å²) in [6.45, 7) is 2.66. The number of hydrogen-bond donors (Lipinski definition) is 1. The molecule has 0 fully saturated rings. The minimum atomic E-state index is -0.771. The molecule has 0 aliphatic carbocycles. The summed E-state index contributed by atoms with van der Waals surface area (Å²) in [5, 5.41) is 14.0. The van der Waals surface area contributed by atoms with Gasteiger partial charge in [0.2, 0.25) is 5.75 Å². The molecule has 21 heavy (non-hydrogen) atoms. The molecule has 0 aliphatic heterocycles. The Morgan fingerprint density at radius 3 is 2.95 bits per heavy atom. The van der Waals surface area contributed by atoms with Gasteiger partial charge in [0.15, 0.2) is 5.82 Å². The second-order valence-electron chi connectivity index (χ2n) is 4.20. The number of halogens is 1. The van der Waals surface area contributed by atoms with Crippen LogP contribution in [0.1, 0.15) is 12.6 Å². The van der Waals surface area contributed by atoms with Crippen LogP contribution >= 0.6 is 0 Å². The molecule has 0 spiro atoms. The topological polar surface area (TPSA) is 77.3 Å². The fourth-order valence-corrected chi connectivity index (χ4v) is 1.80. The number of pyridine rings is 1. The third-order valence-electron chi connectivity index (χ3n) is 2.70. The van der Waals surface area contributed by atoms with Crippen LogP contribution in [-0.4, -0.2) is 16.5 Å². The maximum atomic E-state index is 13.7. The highest BCUT2D eigenvalue weighted by molar-refractivity contribution is 5.47. The first-order chi connectivity index (χ1) is 10.1. The van der Waals surface area contributed by atoms with E-state index in [0.717, 1.165) is 18.3 Å². The van der Waals surface area contributed by atoms with Crippen LogP contribution in [0.4, 0.5) is 15.8 Å². The van der Waals surface area contributed by atoms with E-state index in [0.29, 0.717) is 5.69 Å². The Kier molecular flexibility index (Phi) is 4.65. The highest BCUT2D eigenvalue weighted by Crippen LogP contribution is 2.30. The Labute approximate surface area is 120 Å². The molecule has 2 rings (SSSR count). The van der Waals surface area contributed by atoms with Crippen LogP contribution in [0.15, 0.2) is 36.5 Å². The number of benzene rings is 1. The van der Waals surface area contributed by atoms with E-state index in [-0.39, 0.29) is 12.4 Å². The molecule has 2 aromatic rings. The van der Waals surface area contributed by atoms with Gasteiger partial charge in [0.1, 0.15) is 6.61 Å². The predicted octanol–water partition coefficient (Wildman–Crippen LogP) is 3.14. The number of ether oxygens (including phenoxy) is 1. The van der Waals surface area contributed by atoms with Crippen LogP contribution in [0.5, 0.6) is 5.75 Å². The lowest BCUT2D eigenvalue weighted by Gasteiger charge is -2.08. The highest BCUT2D eigenvalue weighted by atomic mass is 19.1. The smallest absolute Gasteiger partial charge is 0.314 e. The molecule has 0 aliphatic rings. The molecule has 0 saturated heterocycles. The van der Waals surface area contributed by atoms with Gasteiger partial charge in [-0.25, -0.2) is 4.39 Å². The molecular formula is C14H14FN3O3.